The summed E-state index contributed by atoms with van der Waals surface area (Å²) in [5, 5.41) is 15.2. The molecule has 1 atom stereocenters. The van der Waals surface area contributed by atoms with Gasteiger partial charge in [-0.05, 0) is 25.2 Å². The molecule has 2 rings (SSSR count). The third kappa shape index (κ3) is 3.54. The van der Waals surface area contributed by atoms with Gasteiger partial charge >= 0.3 is 0 Å². The van der Waals surface area contributed by atoms with Crippen LogP contribution in [-0.2, 0) is 6.54 Å². The average molecular weight is 280 g/mol. The summed E-state index contributed by atoms with van der Waals surface area (Å²) in [7, 11) is 1.65. The van der Waals surface area contributed by atoms with Crippen LogP contribution in [0.1, 0.15) is 70.1 Å². The molecule has 1 aromatic rings. The van der Waals surface area contributed by atoms with Crippen LogP contribution in [0.3, 0.4) is 0 Å². The van der Waals surface area contributed by atoms with Gasteiger partial charge in [0.1, 0.15) is 11.8 Å². The molecule has 1 aliphatic carbocycles. The minimum Gasteiger partial charge on any atom is -0.493 e. The molecule has 1 heterocycles. The molecule has 1 N–H and O–H groups in total. The summed E-state index contributed by atoms with van der Waals surface area (Å²) in [6, 6.07) is 0. The lowest BCUT2D eigenvalue weighted by atomic mass is 9.86. The van der Waals surface area contributed by atoms with Crippen LogP contribution in [0.5, 0.6) is 5.75 Å². The Balaban J connectivity index is 2.16. The highest BCUT2D eigenvalue weighted by Crippen LogP contribution is 2.36. The van der Waals surface area contributed by atoms with Crippen molar-refractivity contribution in [3.63, 3.8) is 0 Å². The van der Waals surface area contributed by atoms with E-state index in [1.165, 1.54) is 32.1 Å². The molecule has 0 radical (unpaired) electrons. The van der Waals surface area contributed by atoms with Crippen molar-refractivity contribution in [1.29, 1.82) is 0 Å². The Morgan fingerprint density at radius 2 is 1.95 bits per heavy atom. The van der Waals surface area contributed by atoms with E-state index in [1.54, 1.807) is 13.3 Å². The molecule has 1 saturated carbocycles. The number of methoxy groups -OCH3 is 1. The van der Waals surface area contributed by atoms with E-state index >= 15 is 0 Å². The van der Waals surface area contributed by atoms with Gasteiger partial charge in [0.05, 0.1) is 13.3 Å². The second-order valence-electron chi connectivity index (χ2n) is 5.87. The van der Waals surface area contributed by atoms with Crippen LogP contribution in [0.25, 0.3) is 0 Å². The lowest BCUT2D eigenvalue weighted by molar-refractivity contribution is 0.0802. The van der Waals surface area contributed by atoms with E-state index < -0.39 is 6.10 Å². The maximum atomic E-state index is 10.8. The lowest BCUT2D eigenvalue weighted by Crippen LogP contribution is -2.19. The maximum absolute atomic E-state index is 10.8. The molecule has 1 fully saturated rings. The van der Waals surface area contributed by atoms with Gasteiger partial charge in [-0.15, -0.1) is 0 Å². The van der Waals surface area contributed by atoms with Gasteiger partial charge in [-0.1, -0.05) is 39.0 Å². The lowest BCUT2D eigenvalue weighted by Gasteiger charge is -2.26. The van der Waals surface area contributed by atoms with Crippen molar-refractivity contribution in [2.45, 2.75) is 70.9 Å². The molecule has 0 aromatic carbocycles. The molecule has 4 heteroatoms. The Morgan fingerprint density at radius 3 is 2.55 bits per heavy atom. The van der Waals surface area contributed by atoms with E-state index in [0.717, 1.165) is 37.3 Å². The molecule has 0 saturated heterocycles. The third-order valence-corrected chi connectivity index (χ3v) is 4.38. The molecule has 114 valence electrons. The van der Waals surface area contributed by atoms with Crippen LogP contribution in [-0.4, -0.2) is 22.0 Å². The number of aliphatic hydroxyl groups excluding tert-OH is 1. The summed E-state index contributed by atoms with van der Waals surface area (Å²) in [5.74, 6) is 1.07. The molecule has 0 spiro atoms. The smallest absolute Gasteiger partial charge is 0.162 e. The van der Waals surface area contributed by atoms with E-state index in [0.29, 0.717) is 5.92 Å². The van der Waals surface area contributed by atoms with E-state index in [9.17, 15) is 5.11 Å². The van der Waals surface area contributed by atoms with Crippen molar-refractivity contribution in [3.8, 4) is 5.75 Å². The zero-order valence-corrected chi connectivity index (χ0v) is 12.8. The van der Waals surface area contributed by atoms with E-state index in [2.05, 4.69) is 12.0 Å². The Morgan fingerprint density at radius 1 is 1.30 bits per heavy atom. The number of hydrogen-bond donors (Lipinski definition) is 1. The molecule has 1 aromatic heterocycles. The fourth-order valence-electron chi connectivity index (χ4n) is 3.25. The first kappa shape index (κ1) is 15.4. The fourth-order valence-corrected chi connectivity index (χ4v) is 3.25. The van der Waals surface area contributed by atoms with Crippen LogP contribution in [0.15, 0.2) is 6.20 Å². The standard InChI is InChI=1S/C16H28N2O2/c1-3-11-18-15(14(20-2)12-17-18)16(19)13-9-7-5-4-6-8-10-13/h12-13,16,19H,3-11H2,1-2H3. The van der Waals surface area contributed by atoms with Gasteiger partial charge in [0.2, 0.25) is 0 Å². The molecule has 0 amide bonds. The number of hydrogen-bond acceptors (Lipinski definition) is 3. The summed E-state index contributed by atoms with van der Waals surface area (Å²) < 4.78 is 7.32. The fraction of sp³-hybridized carbons (Fsp3) is 0.812. The average Bonchev–Trinajstić information content (AvgIpc) is 2.81. The number of nitrogens with zero attached hydrogens (tertiary/aromatic N) is 2. The Hall–Kier alpha value is -1.03. The SMILES string of the molecule is CCCn1ncc(OC)c1C(O)C1CCCCCCC1. The predicted octanol–water partition coefficient (Wildman–Crippen LogP) is 3.70. The van der Waals surface area contributed by atoms with Crippen molar-refractivity contribution in [2.24, 2.45) is 5.92 Å². The minimum atomic E-state index is -0.447. The van der Waals surface area contributed by atoms with Gasteiger partial charge in [0.15, 0.2) is 5.75 Å². The largest absolute Gasteiger partial charge is 0.493 e. The molecule has 4 nitrogen and oxygen atoms in total. The van der Waals surface area contributed by atoms with Crippen molar-refractivity contribution in [3.05, 3.63) is 11.9 Å². The van der Waals surface area contributed by atoms with Gasteiger partial charge in [-0.3, -0.25) is 4.68 Å². The van der Waals surface area contributed by atoms with Crippen LogP contribution >= 0.6 is 0 Å². The molecule has 1 aliphatic rings. The van der Waals surface area contributed by atoms with Crippen LogP contribution < -0.4 is 4.74 Å². The highest BCUT2D eigenvalue weighted by Gasteiger charge is 2.27. The van der Waals surface area contributed by atoms with Crippen molar-refractivity contribution in [1.82, 2.24) is 9.78 Å². The van der Waals surface area contributed by atoms with E-state index in [-0.39, 0.29) is 0 Å². The first-order valence-corrected chi connectivity index (χ1v) is 8.05. The zero-order valence-electron chi connectivity index (χ0n) is 12.8. The number of aliphatic hydroxyl groups is 1. The Bertz CT molecular complexity index is 395. The van der Waals surface area contributed by atoms with Crippen molar-refractivity contribution >= 4 is 0 Å². The molecular weight excluding hydrogens is 252 g/mol. The quantitative estimate of drug-likeness (QED) is 0.894. The summed E-state index contributed by atoms with van der Waals surface area (Å²) in [5.41, 5.74) is 0.875. The second kappa shape index (κ2) is 7.67. The van der Waals surface area contributed by atoms with Gasteiger partial charge < -0.3 is 9.84 Å². The van der Waals surface area contributed by atoms with Gasteiger partial charge in [0, 0.05) is 6.54 Å². The second-order valence-corrected chi connectivity index (χ2v) is 5.87. The molecule has 20 heavy (non-hydrogen) atoms. The molecule has 0 bridgehead atoms. The first-order chi connectivity index (χ1) is 9.77. The predicted molar refractivity (Wildman–Crippen MR) is 79.8 cm³/mol. The summed E-state index contributed by atoms with van der Waals surface area (Å²) in [6.07, 6.45) is 10.9. The first-order valence-electron chi connectivity index (χ1n) is 8.05. The van der Waals surface area contributed by atoms with E-state index in [1.807, 2.05) is 4.68 Å². The number of rotatable bonds is 5. The van der Waals surface area contributed by atoms with Crippen molar-refractivity contribution < 1.29 is 9.84 Å². The Labute approximate surface area is 122 Å². The maximum Gasteiger partial charge on any atom is 0.162 e. The molecule has 0 aliphatic heterocycles. The highest BCUT2D eigenvalue weighted by atomic mass is 16.5. The molecular formula is C16H28N2O2. The van der Waals surface area contributed by atoms with Gasteiger partial charge in [-0.25, -0.2) is 0 Å². The highest BCUT2D eigenvalue weighted by molar-refractivity contribution is 5.27. The normalized spacial score (nSPS) is 19.4. The monoisotopic (exact) mass is 280 g/mol. The minimum absolute atomic E-state index is 0.344. The topological polar surface area (TPSA) is 47.3 Å². The molecule has 1 unspecified atom stereocenters. The van der Waals surface area contributed by atoms with Crippen LogP contribution in [0.2, 0.25) is 0 Å². The Kier molecular flexibility index (Phi) is 5.89. The van der Waals surface area contributed by atoms with Crippen LogP contribution in [0, 0.1) is 5.92 Å². The van der Waals surface area contributed by atoms with Crippen LogP contribution in [0.4, 0.5) is 0 Å². The van der Waals surface area contributed by atoms with E-state index in [4.69, 9.17) is 4.74 Å². The van der Waals surface area contributed by atoms with Crippen molar-refractivity contribution in [2.75, 3.05) is 7.11 Å². The number of aromatic nitrogens is 2. The third-order valence-electron chi connectivity index (χ3n) is 4.38. The summed E-state index contributed by atoms with van der Waals surface area (Å²) in [6.45, 7) is 2.96. The van der Waals surface area contributed by atoms with Gasteiger partial charge in [-0.2, -0.15) is 5.10 Å². The zero-order chi connectivity index (χ0) is 14.4. The number of aryl methyl sites for hydroxylation is 1. The summed E-state index contributed by atoms with van der Waals surface area (Å²) in [4.78, 5) is 0. The number of ether oxygens (including phenoxy) is 1. The van der Waals surface area contributed by atoms with Gasteiger partial charge in [0.25, 0.3) is 0 Å². The summed E-state index contributed by atoms with van der Waals surface area (Å²) >= 11 is 0.